The first-order valence-corrected chi connectivity index (χ1v) is 7.24. The van der Waals surface area contributed by atoms with Gasteiger partial charge in [0.05, 0.1) is 16.6 Å². The second kappa shape index (κ2) is 5.17. The van der Waals surface area contributed by atoms with Crippen molar-refractivity contribution in [1.29, 1.82) is 0 Å². The minimum Gasteiger partial charge on any atom is -0.384 e. The number of carbonyl (C=O) groups excluding carboxylic acids is 1. The third-order valence-electron chi connectivity index (χ3n) is 4.05. The Labute approximate surface area is 128 Å². The Morgan fingerprint density at radius 1 is 1.29 bits per heavy atom. The van der Waals surface area contributed by atoms with Gasteiger partial charge in [0.15, 0.2) is 0 Å². The fraction of sp³-hybridized carbons (Fsp3) is 0.235. The molecule has 0 aliphatic carbocycles. The number of hydrogen-bond acceptors (Lipinski definition) is 2. The number of fused-ring (bicyclic) bond motifs is 1. The molecule has 3 nitrogen and oxygen atoms in total. The number of carbonyl (C=O) groups is 1. The van der Waals surface area contributed by atoms with Crippen molar-refractivity contribution in [2.24, 2.45) is 0 Å². The van der Waals surface area contributed by atoms with Crippen LogP contribution in [0.3, 0.4) is 0 Å². The highest BCUT2D eigenvalue weighted by molar-refractivity contribution is 6.34. The molecular weight excluding hydrogens is 286 g/mol. The van der Waals surface area contributed by atoms with Crippen molar-refractivity contribution in [3.05, 3.63) is 63.7 Å². The molecule has 2 unspecified atom stereocenters. The molecule has 2 atom stereocenters. The molecule has 1 heterocycles. The Morgan fingerprint density at radius 2 is 2.00 bits per heavy atom. The maximum absolute atomic E-state index is 11.8. The van der Waals surface area contributed by atoms with Gasteiger partial charge in [-0.25, -0.2) is 0 Å². The van der Waals surface area contributed by atoms with Crippen molar-refractivity contribution < 1.29 is 9.90 Å². The summed E-state index contributed by atoms with van der Waals surface area (Å²) >= 11 is 6.25. The fourth-order valence-corrected chi connectivity index (χ4v) is 3.01. The van der Waals surface area contributed by atoms with Gasteiger partial charge in [-0.15, -0.1) is 0 Å². The van der Waals surface area contributed by atoms with E-state index >= 15 is 0 Å². The average Bonchev–Trinajstić information content (AvgIpc) is 2.75. The number of rotatable bonds is 2. The Hall–Kier alpha value is -1.84. The molecule has 2 N–H and O–H groups in total. The second-order valence-electron chi connectivity index (χ2n) is 5.44. The van der Waals surface area contributed by atoms with Crippen LogP contribution in [0.4, 0.5) is 5.69 Å². The molecule has 0 aromatic heterocycles. The molecule has 0 radical (unpaired) electrons. The lowest BCUT2D eigenvalue weighted by Crippen LogP contribution is -2.08. The van der Waals surface area contributed by atoms with E-state index in [0.717, 1.165) is 16.7 Å². The molecule has 0 saturated heterocycles. The molecule has 3 rings (SSSR count). The molecule has 0 spiro atoms. The summed E-state index contributed by atoms with van der Waals surface area (Å²) < 4.78 is 0. The van der Waals surface area contributed by atoms with Crippen LogP contribution in [0.2, 0.25) is 5.02 Å². The van der Waals surface area contributed by atoms with Crippen LogP contribution in [0.25, 0.3) is 0 Å². The fourth-order valence-electron chi connectivity index (χ4n) is 2.73. The standard InChI is InChI=1S/C17H16ClNO2/c1-9-5-3-4-6-12(9)16(20)11-7-13-10(2)17(21)19-15(13)14(18)8-11/h3-8,10,16,20H,1-2H3,(H,19,21). The first kappa shape index (κ1) is 14.1. The summed E-state index contributed by atoms with van der Waals surface area (Å²) in [5, 5.41) is 13.9. The number of hydrogen-bond donors (Lipinski definition) is 2. The highest BCUT2D eigenvalue weighted by atomic mass is 35.5. The number of aliphatic hydroxyl groups is 1. The van der Waals surface area contributed by atoms with Gasteiger partial charge >= 0.3 is 0 Å². The minimum absolute atomic E-state index is 0.0607. The van der Waals surface area contributed by atoms with E-state index in [1.54, 1.807) is 6.07 Å². The highest BCUT2D eigenvalue weighted by Gasteiger charge is 2.30. The molecule has 2 aromatic rings. The molecule has 4 heteroatoms. The van der Waals surface area contributed by atoms with E-state index in [-0.39, 0.29) is 11.8 Å². The number of aryl methyl sites for hydroxylation is 1. The molecule has 1 aliphatic heterocycles. The van der Waals surface area contributed by atoms with Crippen LogP contribution in [-0.4, -0.2) is 11.0 Å². The first-order valence-electron chi connectivity index (χ1n) is 6.87. The van der Waals surface area contributed by atoms with Gasteiger partial charge in [0, 0.05) is 0 Å². The van der Waals surface area contributed by atoms with Crippen molar-refractivity contribution >= 4 is 23.2 Å². The zero-order valence-electron chi connectivity index (χ0n) is 11.9. The van der Waals surface area contributed by atoms with E-state index in [1.165, 1.54) is 0 Å². The zero-order valence-corrected chi connectivity index (χ0v) is 12.6. The predicted molar refractivity (Wildman–Crippen MR) is 83.7 cm³/mol. The average molecular weight is 302 g/mol. The van der Waals surface area contributed by atoms with Crippen molar-refractivity contribution in [2.75, 3.05) is 5.32 Å². The van der Waals surface area contributed by atoms with E-state index < -0.39 is 6.10 Å². The molecule has 21 heavy (non-hydrogen) atoms. The SMILES string of the molecule is Cc1ccccc1C(O)c1cc(Cl)c2c(c1)C(C)C(=O)N2. The monoisotopic (exact) mass is 301 g/mol. The third kappa shape index (κ3) is 2.33. The van der Waals surface area contributed by atoms with Gasteiger partial charge in [-0.2, -0.15) is 0 Å². The van der Waals surface area contributed by atoms with Crippen LogP contribution in [0, 0.1) is 6.92 Å². The maximum Gasteiger partial charge on any atom is 0.231 e. The summed E-state index contributed by atoms with van der Waals surface area (Å²) in [5.74, 6) is -0.309. The second-order valence-corrected chi connectivity index (χ2v) is 5.84. The summed E-state index contributed by atoms with van der Waals surface area (Å²) in [4.78, 5) is 11.8. The predicted octanol–water partition coefficient (Wildman–Crippen LogP) is 3.79. The smallest absolute Gasteiger partial charge is 0.231 e. The Kier molecular flexibility index (Phi) is 3.47. The number of benzene rings is 2. The molecule has 2 aromatic carbocycles. The first-order chi connectivity index (χ1) is 9.99. The lowest BCUT2D eigenvalue weighted by Gasteiger charge is -2.16. The molecule has 0 fully saturated rings. The molecular formula is C17H16ClNO2. The van der Waals surface area contributed by atoms with Gasteiger partial charge in [-0.05, 0) is 48.2 Å². The van der Waals surface area contributed by atoms with Crippen molar-refractivity contribution in [2.45, 2.75) is 25.9 Å². The summed E-state index contributed by atoms with van der Waals surface area (Å²) in [7, 11) is 0. The van der Waals surface area contributed by atoms with Gasteiger partial charge in [0.2, 0.25) is 5.91 Å². The van der Waals surface area contributed by atoms with Crippen molar-refractivity contribution in [3.63, 3.8) is 0 Å². The van der Waals surface area contributed by atoms with E-state index in [9.17, 15) is 9.90 Å². The van der Waals surface area contributed by atoms with E-state index in [0.29, 0.717) is 16.3 Å². The molecule has 1 amide bonds. The molecule has 0 bridgehead atoms. The highest BCUT2D eigenvalue weighted by Crippen LogP contribution is 2.40. The van der Waals surface area contributed by atoms with Gasteiger partial charge in [0.1, 0.15) is 6.10 Å². The van der Waals surface area contributed by atoms with E-state index in [4.69, 9.17) is 11.6 Å². The molecule has 0 saturated carbocycles. The van der Waals surface area contributed by atoms with Crippen molar-refractivity contribution in [3.8, 4) is 0 Å². The van der Waals surface area contributed by atoms with E-state index in [2.05, 4.69) is 5.32 Å². The minimum atomic E-state index is -0.753. The van der Waals surface area contributed by atoms with Gasteiger partial charge in [0.25, 0.3) is 0 Å². The van der Waals surface area contributed by atoms with Crippen LogP contribution in [-0.2, 0) is 4.79 Å². The van der Waals surface area contributed by atoms with Crippen LogP contribution >= 0.6 is 11.6 Å². The summed E-state index contributed by atoms with van der Waals surface area (Å²) in [6.07, 6.45) is -0.753. The summed E-state index contributed by atoms with van der Waals surface area (Å²) in [5.41, 5.74) is 4.07. The lowest BCUT2D eigenvalue weighted by molar-refractivity contribution is -0.116. The lowest BCUT2D eigenvalue weighted by atomic mass is 9.93. The number of amides is 1. The van der Waals surface area contributed by atoms with Crippen LogP contribution in [0.1, 0.15) is 41.2 Å². The number of nitrogens with one attached hydrogen (secondary N) is 1. The number of anilines is 1. The normalized spacial score (nSPS) is 18.3. The zero-order chi connectivity index (χ0) is 15.1. The van der Waals surface area contributed by atoms with Gasteiger partial charge < -0.3 is 10.4 Å². The number of halogens is 1. The van der Waals surface area contributed by atoms with Crippen LogP contribution in [0.15, 0.2) is 36.4 Å². The maximum atomic E-state index is 11.8. The molecule has 108 valence electrons. The Balaban J connectivity index is 2.07. The third-order valence-corrected chi connectivity index (χ3v) is 4.35. The quantitative estimate of drug-likeness (QED) is 0.886. The Morgan fingerprint density at radius 3 is 2.71 bits per heavy atom. The van der Waals surface area contributed by atoms with Gasteiger partial charge in [-0.1, -0.05) is 35.9 Å². The topological polar surface area (TPSA) is 49.3 Å². The largest absolute Gasteiger partial charge is 0.384 e. The Bertz CT molecular complexity index is 727. The van der Waals surface area contributed by atoms with Gasteiger partial charge in [-0.3, -0.25) is 4.79 Å². The number of aliphatic hydroxyl groups excluding tert-OH is 1. The summed E-state index contributed by atoms with van der Waals surface area (Å²) in [6, 6.07) is 11.3. The van der Waals surface area contributed by atoms with Crippen molar-refractivity contribution in [1.82, 2.24) is 0 Å². The van der Waals surface area contributed by atoms with E-state index in [1.807, 2.05) is 44.2 Å². The molecule has 1 aliphatic rings. The van der Waals surface area contributed by atoms with Crippen LogP contribution < -0.4 is 5.32 Å². The van der Waals surface area contributed by atoms with Crippen LogP contribution in [0.5, 0.6) is 0 Å². The summed E-state index contributed by atoms with van der Waals surface area (Å²) in [6.45, 7) is 3.79.